The normalized spacial score (nSPS) is 14.4. The summed E-state index contributed by atoms with van der Waals surface area (Å²) in [5.74, 6) is -0.0616. The van der Waals surface area contributed by atoms with Crippen LogP contribution in [0.3, 0.4) is 0 Å². The van der Waals surface area contributed by atoms with Crippen LogP contribution in [0, 0.1) is 0 Å². The van der Waals surface area contributed by atoms with Crippen LogP contribution in [0.5, 0.6) is 0 Å². The second kappa shape index (κ2) is 4.82. The molecule has 0 saturated carbocycles. The summed E-state index contributed by atoms with van der Waals surface area (Å²) in [5, 5.41) is 6.84. The van der Waals surface area contributed by atoms with Crippen molar-refractivity contribution in [2.45, 2.75) is 13.0 Å². The number of hydrogen-bond acceptors (Lipinski definition) is 4. The molecule has 1 aliphatic rings. The summed E-state index contributed by atoms with van der Waals surface area (Å²) in [6, 6.07) is 3.78. The second-order valence-corrected chi connectivity index (χ2v) is 6.39. The lowest BCUT2D eigenvalue weighted by Crippen LogP contribution is -2.35. The predicted molar refractivity (Wildman–Crippen MR) is 80.8 cm³/mol. The predicted octanol–water partition coefficient (Wildman–Crippen LogP) is 2.64. The van der Waals surface area contributed by atoms with E-state index >= 15 is 0 Å². The van der Waals surface area contributed by atoms with Gasteiger partial charge >= 0.3 is 0 Å². The fraction of sp³-hybridized carbons (Fsp3) is 0.214. The summed E-state index contributed by atoms with van der Waals surface area (Å²) in [5.41, 5.74) is 2.27. The van der Waals surface area contributed by atoms with Gasteiger partial charge < -0.3 is 4.90 Å². The lowest BCUT2D eigenvalue weighted by molar-refractivity contribution is 0.0729. The van der Waals surface area contributed by atoms with Gasteiger partial charge in [-0.25, -0.2) is 9.50 Å². The third kappa shape index (κ3) is 2.20. The van der Waals surface area contributed by atoms with Gasteiger partial charge in [0.1, 0.15) is 0 Å². The molecule has 21 heavy (non-hydrogen) atoms. The van der Waals surface area contributed by atoms with Crippen molar-refractivity contribution in [1.82, 2.24) is 19.5 Å². The van der Waals surface area contributed by atoms with Gasteiger partial charge in [0.2, 0.25) is 0 Å². The number of aromatic nitrogens is 3. The molecule has 0 unspecified atom stereocenters. The molecule has 1 amide bonds. The molecule has 0 atom stereocenters. The van der Waals surface area contributed by atoms with Gasteiger partial charge in [-0.15, -0.1) is 11.3 Å². The van der Waals surface area contributed by atoms with Gasteiger partial charge in [0.05, 0.1) is 11.2 Å². The van der Waals surface area contributed by atoms with Crippen LogP contribution in [0.2, 0.25) is 5.02 Å². The van der Waals surface area contributed by atoms with E-state index in [2.05, 4.69) is 21.5 Å². The number of rotatable bonds is 1. The van der Waals surface area contributed by atoms with Gasteiger partial charge in [-0.2, -0.15) is 5.10 Å². The summed E-state index contributed by atoms with van der Waals surface area (Å²) < 4.78 is 1.54. The molecule has 0 aliphatic carbocycles. The van der Waals surface area contributed by atoms with Crippen molar-refractivity contribution in [3.63, 3.8) is 0 Å². The van der Waals surface area contributed by atoms with Crippen LogP contribution in [0.15, 0.2) is 29.9 Å². The molecule has 7 heteroatoms. The van der Waals surface area contributed by atoms with Crippen LogP contribution >= 0.6 is 22.9 Å². The summed E-state index contributed by atoms with van der Waals surface area (Å²) in [7, 11) is 0. The number of carbonyl (C=O) groups is 1. The molecule has 0 saturated heterocycles. The highest BCUT2D eigenvalue weighted by molar-refractivity contribution is 7.10. The van der Waals surface area contributed by atoms with E-state index in [1.165, 1.54) is 15.0 Å². The topological polar surface area (TPSA) is 50.5 Å². The van der Waals surface area contributed by atoms with Crippen molar-refractivity contribution in [3.8, 4) is 0 Å². The minimum Gasteiger partial charge on any atom is -0.333 e. The Labute approximate surface area is 129 Å². The van der Waals surface area contributed by atoms with Gasteiger partial charge in [-0.05, 0) is 23.4 Å². The maximum atomic E-state index is 12.6. The van der Waals surface area contributed by atoms with Gasteiger partial charge in [-0.1, -0.05) is 11.6 Å². The number of carbonyl (C=O) groups excluding carboxylic acids is 1. The molecule has 1 aliphatic heterocycles. The number of halogens is 1. The van der Waals surface area contributed by atoms with E-state index in [0.29, 0.717) is 22.9 Å². The van der Waals surface area contributed by atoms with E-state index < -0.39 is 0 Å². The Morgan fingerprint density at radius 1 is 1.43 bits per heavy atom. The molecule has 0 bridgehead atoms. The number of thiophene rings is 1. The Hall–Kier alpha value is -1.92. The van der Waals surface area contributed by atoms with Gasteiger partial charge in [-0.3, -0.25) is 4.79 Å². The summed E-state index contributed by atoms with van der Waals surface area (Å²) in [6.45, 7) is 1.38. The molecule has 0 N–H and O–H groups in total. The van der Waals surface area contributed by atoms with Crippen molar-refractivity contribution in [3.05, 3.63) is 51.1 Å². The third-order valence-electron chi connectivity index (χ3n) is 3.60. The Morgan fingerprint density at radius 3 is 3.24 bits per heavy atom. The zero-order valence-corrected chi connectivity index (χ0v) is 12.6. The largest absolute Gasteiger partial charge is 0.333 e. The van der Waals surface area contributed by atoms with Crippen LogP contribution in [-0.4, -0.2) is 31.9 Å². The standard InChI is InChI=1S/C14H11ClN4OS/c15-10-6-16-13-5-11(17-19(13)8-10)14(20)18-3-1-12-9(7-18)2-4-21-12/h2,4-6,8H,1,3,7H2. The van der Waals surface area contributed by atoms with E-state index in [1.807, 2.05) is 4.90 Å². The first kappa shape index (κ1) is 12.8. The van der Waals surface area contributed by atoms with Crippen molar-refractivity contribution in [1.29, 1.82) is 0 Å². The smallest absolute Gasteiger partial charge is 0.274 e. The number of hydrogen-bond donors (Lipinski definition) is 0. The molecule has 0 fully saturated rings. The van der Waals surface area contributed by atoms with Crippen molar-refractivity contribution in [2.75, 3.05) is 6.54 Å². The van der Waals surface area contributed by atoms with Gasteiger partial charge in [0.15, 0.2) is 11.3 Å². The molecule has 5 nitrogen and oxygen atoms in total. The molecule has 4 rings (SSSR count). The van der Waals surface area contributed by atoms with E-state index in [1.54, 1.807) is 29.8 Å². The first-order valence-electron chi connectivity index (χ1n) is 6.56. The van der Waals surface area contributed by atoms with Crippen molar-refractivity contribution >= 4 is 34.5 Å². The fourth-order valence-corrected chi connectivity index (χ4v) is 3.57. The Kier molecular flexibility index (Phi) is 2.94. The molecule has 106 valence electrons. The van der Waals surface area contributed by atoms with E-state index in [0.717, 1.165) is 13.0 Å². The average molecular weight is 319 g/mol. The Morgan fingerprint density at radius 2 is 2.33 bits per heavy atom. The van der Waals surface area contributed by atoms with Crippen LogP contribution < -0.4 is 0 Å². The van der Waals surface area contributed by atoms with E-state index in [4.69, 9.17) is 11.6 Å². The summed E-state index contributed by atoms with van der Waals surface area (Å²) >= 11 is 7.64. The van der Waals surface area contributed by atoms with Crippen LogP contribution in [-0.2, 0) is 13.0 Å². The first-order chi connectivity index (χ1) is 10.2. The lowest BCUT2D eigenvalue weighted by atomic mass is 10.1. The van der Waals surface area contributed by atoms with Crippen LogP contribution in [0.25, 0.3) is 5.65 Å². The average Bonchev–Trinajstić information content (AvgIpc) is 3.11. The number of amides is 1. The number of nitrogens with zero attached hydrogens (tertiary/aromatic N) is 4. The monoisotopic (exact) mass is 318 g/mol. The highest BCUT2D eigenvalue weighted by atomic mass is 35.5. The number of fused-ring (bicyclic) bond motifs is 2. The quantitative estimate of drug-likeness (QED) is 0.693. The van der Waals surface area contributed by atoms with E-state index in [-0.39, 0.29) is 5.91 Å². The molecule has 0 radical (unpaired) electrons. The highest BCUT2D eigenvalue weighted by Crippen LogP contribution is 2.25. The van der Waals surface area contributed by atoms with Crippen LogP contribution in [0.4, 0.5) is 0 Å². The molecule has 0 aromatic carbocycles. The van der Waals surface area contributed by atoms with Crippen molar-refractivity contribution in [2.24, 2.45) is 0 Å². The Balaban J connectivity index is 1.64. The minimum atomic E-state index is -0.0616. The fourth-order valence-electron chi connectivity index (χ4n) is 2.54. The molecule has 4 heterocycles. The van der Waals surface area contributed by atoms with Crippen LogP contribution in [0.1, 0.15) is 20.9 Å². The second-order valence-electron chi connectivity index (χ2n) is 4.95. The van der Waals surface area contributed by atoms with Gasteiger partial charge in [0, 0.05) is 30.2 Å². The lowest BCUT2D eigenvalue weighted by Gasteiger charge is -2.26. The summed E-state index contributed by atoms with van der Waals surface area (Å²) in [4.78, 5) is 19.9. The zero-order chi connectivity index (χ0) is 14.4. The molecule has 3 aromatic heterocycles. The van der Waals surface area contributed by atoms with E-state index in [9.17, 15) is 4.79 Å². The molecule has 3 aromatic rings. The maximum absolute atomic E-state index is 12.6. The molecule has 0 spiro atoms. The first-order valence-corrected chi connectivity index (χ1v) is 7.82. The molecular weight excluding hydrogens is 308 g/mol. The highest BCUT2D eigenvalue weighted by Gasteiger charge is 2.24. The molecular formula is C14H11ClN4OS. The maximum Gasteiger partial charge on any atom is 0.274 e. The van der Waals surface area contributed by atoms with Gasteiger partial charge in [0.25, 0.3) is 5.91 Å². The Bertz CT molecular complexity index is 840. The zero-order valence-electron chi connectivity index (χ0n) is 11.0. The third-order valence-corrected chi connectivity index (χ3v) is 4.81. The van der Waals surface area contributed by atoms with Crippen molar-refractivity contribution < 1.29 is 4.79 Å². The minimum absolute atomic E-state index is 0.0616. The SMILES string of the molecule is O=C(c1cc2ncc(Cl)cn2n1)N1CCc2sccc2C1. The summed E-state index contributed by atoms with van der Waals surface area (Å²) in [6.07, 6.45) is 4.11.